The summed E-state index contributed by atoms with van der Waals surface area (Å²) in [6, 6.07) is 5.94. The van der Waals surface area contributed by atoms with Crippen LogP contribution in [0.2, 0.25) is 0 Å². The summed E-state index contributed by atoms with van der Waals surface area (Å²) < 4.78 is 5.25. The van der Waals surface area contributed by atoms with Crippen LogP contribution in [0.5, 0.6) is 5.75 Å². The zero-order chi connectivity index (χ0) is 14.8. The minimum atomic E-state index is -0.462. The molecule has 1 N–H and O–H groups in total. The van der Waals surface area contributed by atoms with Gasteiger partial charge in [-0.15, -0.1) is 0 Å². The molecule has 0 saturated carbocycles. The number of hydrogen-bond acceptors (Lipinski definition) is 3. The molecule has 1 fully saturated rings. The van der Waals surface area contributed by atoms with Crippen LogP contribution in [0.15, 0.2) is 18.2 Å². The molecule has 0 aliphatic carbocycles. The van der Waals surface area contributed by atoms with Gasteiger partial charge in [0.2, 0.25) is 0 Å². The van der Waals surface area contributed by atoms with E-state index in [1.807, 2.05) is 25.1 Å². The first-order valence-corrected chi connectivity index (χ1v) is 7.60. The smallest absolute Gasteiger partial charge is 0.119 e. The summed E-state index contributed by atoms with van der Waals surface area (Å²) in [6.07, 6.45) is 2.96. The lowest BCUT2D eigenvalue weighted by atomic mass is 9.84. The first kappa shape index (κ1) is 15.3. The van der Waals surface area contributed by atoms with Crippen molar-refractivity contribution in [2.24, 2.45) is 0 Å². The van der Waals surface area contributed by atoms with E-state index in [9.17, 15) is 5.11 Å². The summed E-state index contributed by atoms with van der Waals surface area (Å²) in [6.45, 7) is 8.58. The molecule has 3 heteroatoms. The Labute approximate surface area is 122 Å². The van der Waals surface area contributed by atoms with Crippen molar-refractivity contribution in [3.8, 4) is 5.75 Å². The van der Waals surface area contributed by atoms with Crippen LogP contribution in [0.3, 0.4) is 0 Å². The molecule has 0 bridgehead atoms. The van der Waals surface area contributed by atoms with Crippen LogP contribution in [-0.2, 0) is 0 Å². The van der Waals surface area contributed by atoms with Gasteiger partial charge in [0.05, 0.1) is 13.2 Å². The van der Waals surface area contributed by atoms with Crippen molar-refractivity contribution < 1.29 is 9.84 Å². The predicted molar refractivity (Wildman–Crippen MR) is 82.2 cm³/mol. The van der Waals surface area contributed by atoms with E-state index < -0.39 is 6.10 Å². The number of aliphatic hydroxyl groups is 1. The quantitative estimate of drug-likeness (QED) is 0.896. The first-order chi connectivity index (χ1) is 9.52. The highest BCUT2D eigenvalue weighted by Gasteiger charge is 2.39. The standard InChI is InChI=1S/C17H27NO2/c1-5-17(3,18-10-6-7-11-18)16(19)15-9-8-14(20-4)12-13(15)2/h8-9,12,16,19H,5-7,10-11H2,1-4H3. The fourth-order valence-electron chi connectivity index (χ4n) is 3.23. The average Bonchev–Trinajstić information content (AvgIpc) is 3.00. The average molecular weight is 277 g/mol. The highest BCUT2D eigenvalue weighted by Crippen LogP contribution is 2.38. The summed E-state index contributed by atoms with van der Waals surface area (Å²) in [5.74, 6) is 0.845. The van der Waals surface area contributed by atoms with Crippen LogP contribution in [0.4, 0.5) is 0 Å². The second kappa shape index (κ2) is 6.15. The Balaban J connectivity index is 2.30. The lowest BCUT2D eigenvalue weighted by molar-refractivity contribution is -0.0143. The predicted octanol–water partition coefficient (Wildman–Crippen LogP) is 3.30. The van der Waals surface area contributed by atoms with E-state index in [4.69, 9.17) is 4.74 Å². The zero-order valence-corrected chi connectivity index (χ0v) is 13.1. The monoisotopic (exact) mass is 277 g/mol. The molecule has 0 radical (unpaired) electrons. The van der Waals surface area contributed by atoms with Gasteiger partial charge in [-0.25, -0.2) is 0 Å². The van der Waals surface area contributed by atoms with Crippen molar-refractivity contribution in [3.63, 3.8) is 0 Å². The Bertz CT molecular complexity index is 454. The molecule has 3 nitrogen and oxygen atoms in total. The molecule has 0 aromatic heterocycles. The number of ether oxygens (including phenoxy) is 1. The van der Waals surface area contributed by atoms with E-state index in [1.54, 1.807) is 7.11 Å². The van der Waals surface area contributed by atoms with Crippen molar-refractivity contribution in [2.75, 3.05) is 20.2 Å². The molecule has 0 spiro atoms. The maximum absolute atomic E-state index is 11.0. The third-order valence-corrected chi connectivity index (χ3v) is 4.90. The van der Waals surface area contributed by atoms with Crippen molar-refractivity contribution in [2.45, 2.75) is 51.7 Å². The van der Waals surface area contributed by atoms with Gasteiger partial charge < -0.3 is 9.84 Å². The topological polar surface area (TPSA) is 32.7 Å². The van der Waals surface area contributed by atoms with Crippen LogP contribution in [-0.4, -0.2) is 35.7 Å². The molecule has 2 atom stereocenters. The van der Waals surface area contributed by atoms with Gasteiger partial charge in [0.25, 0.3) is 0 Å². The SMILES string of the molecule is CCC(C)(C(O)c1ccc(OC)cc1C)N1CCCC1. The molecule has 1 aliphatic heterocycles. The van der Waals surface area contributed by atoms with Crippen LogP contribution >= 0.6 is 0 Å². The number of methoxy groups -OCH3 is 1. The minimum absolute atomic E-state index is 0.185. The van der Waals surface area contributed by atoms with Gasteiger partial charge in [0.1, 0.15) is 5.75 Å². The number of rotatable bonds is 5. The highest BCUT2D eigenvalue weighted by atomic mass is 16.5. The third kappa shape index (κ3) is 2.70. The molecule has 1 heterocycles. The fraction of sp³-hybridized carbons (Fsp3) is 0.647. The van der Waals surface area contributed by atoms with Gasteiger partial charge >= 0.3 is 0 Å². The number of aryl methyl sites for hydroxylation is 1. The molecule has 1 saturated heterocycles. The van der Waals surface area contributed by atoms with Gasteiger partial charge in [0, 0.05) is 5.54 Å². The van der Waals surface area contributed by atoms with Gasteiger partial charge in [-0.1, -0.05) is 13.0 Å². The van der Waals surface area contributed by atoms with Crippen molar-refractivity contribution in [3.05, 3.63) is 29.3 Å². The molecule has 0 amide bonds. The molecule has 1 aromatic carbocycles. The lowest BCUT2D eigenvalue weighted by Gasteiger charge is -2.42. The molecular formula is C17H27NO2. The number of likely N-dealkylation sites (tertiary alicyclic amines) is 1. The Morgan fingerprint density at radius 2 is 2.00 bits per heavy atom. The van der Waals surface area contributed by atoms with E-state index >= 15 is 0 Å². The first-order valence-electron chi connectivity index (χ1n) is 7.60. The second-order valence-corrected chi connectivity index (χ2v) is 6.03. The van der Waals surface area contributed by atoms with Crippen LogP contribution < -0.4 is 4.74 Å². The maximum Gasteiger partial charge on any atom is 0.119 e. The fourth-order valence-corrected chi connectivity index (χ4v) is 3.23. The minimum Gasteiger partial charge on any atom is -0.497 e. The van der Waals surface area contributed by atoms with Gasteiger partial charge in [-0.3, -0.25) is 4.90 Å². The van der Waals surface area contributed by atoms with Crippen molar-refractivity contribution in [1.29, 1.82) is 0 Å². The Morgan fingerprint density at radius 1 is 1.35 bits per heavy atom. The molecule has 112 valence electrons. The van der Waals surface area contributed by atoms with E-state index in [1.165, 1.54) is 12.8 Å². The van der Waals surface area contributed by atoms with Crippen LogP contribution in [0, 0.1) is 6.92 Å². The van der Waals surface area contributed by atoms with Crippen molar-refractivity contribution in [1.82, 2.24) is 4.90 Å². The van der Waals surface area contributed by atoms with E-state index in [0.717, 1.165) is 36.4 Å². The maximum atomic E-state index is 11.0. The molecular weight excluding hydrogens is 250 g/mol. The number of benzene rings is 1. The summed E-state index contributed by atoms with van der Waals surface area (Å²) in [4.78, 5) is 2.45. The number of hydrogen-bond donors (Lipinski definition) is 1. The molecule has 20 heavy (non-hydrogen) atoms. The molecule has 2 unspecified atom stereocenters. The lowest BCUT2D eigenvalue weighted by Crippen LogP contribution is -2.49. The summed E-state index contributed by atoms with van der Waals surface area (Å²) in [7, 11) is 1.67. The van der Waals surface area contributed by atoms with E-state index in [0.29, 0.717) is 0 Å². The zero-order valence-electron chi connectivity index (χ0n) is 13.1. The Kier molecular flexibility index (Phi) is 4.71. The van der Waals surface area contributed by atoms with Crippen molar-refractivity contribution >= 4 is 0 Å². The van der Waals surface area contributed by atoms with Crippen LogP contribution in [0.25, 0.3) is 0 Å². The Hall–Kier alpha value is -1.06. The number of aliphatic hydroxyl groups excluding tert-OH is 1. The number of nitrogens with zero attached hydrogens (tertiary/aromatic N) is 1. The summed E-state index contributed by atoms with van der Waals surface area (Å²) in [5, 5.41) is 11.0. The van der Waals surface area contributed by atoms with Gasteiger partial charge in [0.15, 0.2) is 0 Å². The third-order valence-electron chi connectivity index (χ3n) is 4.90. The van der Waals surface area contributed by atoms with Crippen LogP contribution in [0.1, 0.15) is 50.3 Å². The largest absolute Gasteiger partial charge is 0.497 e. The normalized spacial score (nSPS) is 20.6. The summed E-state index contributed by atoms with van der Waals surface area (Å²) >= 11 is 0. The second-order valence-electron chi connectivity index (χ2n) is 6.03. The van der Waals surface area contributed by atoms with Gasteiger partial charge in [-0.05, 0) is 69.5 Å². The highest BCUT2D eigenvalue weighted by molar-refractivity contribution is 5.37. The van der Waals surface area contributed by atoms with E-state index in [-0.39, 0.29) is 5.54 Å². The van der Waals surface area contributed by atoms with E-state index in [2.05, 4.69) is 18.7 Å². The van der Waals surface area contributed by atoms with Gasteiger partial charge in [-0.2, -0.15) is 0 Å². The molecule has 1 aromatic rings. The Morgan fingerprint density at radius 3 is 2.50 bits per heavy atom. The molecule has 2 rings (SSSR count). The summed E-state index contributed by atoms with van der Waals surface area (Å²) in [5.41, 5.74) is 1.92. The molecule has 1 aliphatic rings.